The number of benzene rings is 2. The maximum atomic E-state index is 12.6. The molecule has 2 aromatic rings. The van der Waals surface area contributed by atoms with Crippen molar-refractivity contribution in [2.24, 2.45) is 0 Å². The quantitative estimate of drug-likeness (QED) is 0.908. The molecule has 0 aliphatic carbocycles. The third-order valence-electron chi connectivity index (χ3n) is 4.01. The Labute approximate surface area is 134 Å². The van der Waals surface area contributed by atoms with Gasteiger partial charge in [-0.3, -0.25) is 4.79 Å². The number of hydrogen-bond acceptors (Lipinski definition) is 4. The summed E-state index contributed by atoms with van der Waals surface area (Å²) in [6.45, 7) is 1.23. The minimum Gasteiger partial charge on any atom is -0.508 e. The summed E-state index contributed by atoms with van der Waals surface area (Å²) in [5, 5.41) is 18.9. The number of carbonyl (C=O) groups is 1. The van der Waals surface area contributed by atoms with Crippen LogP contribution in [0.15, 0.2) is 48.5 Å². The molecular formula is C18H19NO4. The van der Waals surface area contributed by atoms with Gasteiger partial charge in [-0.1, -0.05) is 24.3 Å². The van der Waals surface area contributed by atoms with Gasteiger partial charge in [-0.15, -0.1) is 0 Å². The highest BCUT2D eigenvalue weighted by atomic mass is 16.5. The number of aliphatic hydroxyl groups excluding tert-OH is 1. The van der Waals surface area contributed by atoms with E-state index in [-0.39, 0.29) is 24.3 Å². The first kappa shape index (κ1) is 15.5. The fourth-order valence-corrected chi connectivity index (χ4v) is 2.73. The second-order valence-electron chi connectivity index (χ2n) is 5.54. The van der Waals surface area contributed by atoms with Crippen LogP contribution >= 0.6 is 0 Å². The molecule has 0 bridgehead atoms. The Balaban J connectivity index is 1.80. The number of phenols is 1. The molecule has 2 aromatic carbocycles. The summed E-state index contributed by atoms with van der Waals surface area (Å²) in [6, 6.07) is 13.9. The molecule has 0 saturated carbocycles. The number of aromatic hydroxyl groups is 1. The lowest BCUT2D eigenvalue weighted by Crippen LogP contribution is -2.50. The average molecular weight is 313 g/mol. The van der Waals surface area contributed by atoms with Crippen LogP contribution in [-0.2, 0) is 4.74 Å². The van der Waals surface area contributed by atoms with Crippen LogP contribution < -0.4 is 0 Å². The maximum absolute atomic E-state index is 12.6. The molecule has 0 radical (unpaired) electrons. The van der Waals surface area contributed by atoms with E-state index < -0.39 is 0 Å². The maximum Gasteiger partial charge on any atom is 0.254 e. The molecule has 1 aliphatic heterocycles. The van der Waals surface area contributed by atoms with E-state index >= 15 is 0 Å². The Morgan fingerprint density at radius 3 is 2.65 bits per heavy atom. The van der Waals surface area contributed by atoms with E-state index in [9.17, 15) is 15.0 Å². The molecule has 0 spiro atoms. The molecule has 120 valence electrons. The molecule has 1 saturated heterocycles. The molecule has 5 heteroatoms. The second kappa shape index (κ2) is 6.81. The van der Waals surface area contributed by atoms with Gasteiger partial charge in [0, 0.05) is 12.1 Å². The van der Waals surface area contributed by atoms with Crippen molar-refractivity contribution < 1.29 is 19.7 Å². The largest absolute Gasteiger partial charge is 0.508 e. The number of ether oxygens (including phenoxy) is 1. The molecule has 2 N–H and O–H groups in total. The van der Waals surface area contributed by atoms with Crippen molar-refractivity contribution in [3.05, 3.63) is 54.1 Å². The second-order valence-corrected chi connectivity index (χ2v) is 5.54. The summed E-state index contributed by atoms with van der Waals surface area (Å²) in [4.78, 5) is 14.2. The highest BCUT2D eigenvalue weighted by Crippen LogP contribution is 2.24. The molecule has 1 aliphatic rings. The van der Waals surface area contributed by atoms with Crippen molar-refractivity contribution in [3.63, 3.8) is 0 Å². The van der Waals surface area contributed by atoms with Crippen molar-refractivity contribution in [1.29, 1.82) is 0 Å². The van der Waals surface area contributed by atoms with E-state index in [1.165, 1.54) is 0 Å². The zero-order chi connectivity index (χ0) is 16.2. The van der Waals surface area contributed by atoms with Gasteiger partial charge in [-0.2, -0.15) is 0 Å². The fourth-order valence-electron chi connectivity index (χ4n) is 2.73. The number of rotatable bonds is 3. The van der Waals surface area contributed by atoms with Gasteiger partial charge in [0.2, 0.25) is 0 Å². The normalized spacial score (nSPS) is 18.0. The van der Waals surface area contributed by atoms with Gasteiger partial charge in [-0.25, -0.2) is 0 Å². The highest BCUT2D eigenvalue weighted by Gasteiger charge is 2.27. The molecule has 1 atom stereocenters. The van der Waals surface area contributed by atoms with Crippen molar-refractivity contribution in [2.75, 3.05) is 26.4 Å². The van der Waals surface area contributed by atoms with Crippen LogP contribution in [0.1, 0.15) is 10.4 Å². The van der Waals surface area contributed by atoms with Crippen molar-refractivity contribution in [2.45, 2.75) is 6.04 Å². The first-order chi connectivity index (χ1) is 11.2. The number of phenolic OH excluding ortho intramolecular Hbond substituents is 1. The molecule has 1 amide bonds. The Kier molecular flexibility index (Phi) is 4.60. The zero-order valence-electron chi connectivity index (χ0n) is 12.7. The van der Waals surface area contributed by atoms with E-state index in [4.69, 9.17) is 4.74 Å². The Morgan fingerprint density at radius 1 is 1.17 bits per heavy atom. The molecule has 1 heterocycles. The lowest BCUT2D eigenvalue weighted by atomic mass is 10.0. The summed E-state index contributed by atoms with van der Waals surface area (Å²) >= 11 is 0. The predicted octanol–water partition coefficient (Wildman–Crippen LogP) is 1.89. The van der Waals surface area contributed by atoms with Crippen LogP contribution in [0.4, 0.5) is 0 Å². The fraction of sp³-hybridized carbons (Fsp3) is 0.278. The first-order valence-corrected chi connectivity index (χ1v) is 7.58. The number of amides is 1. The van der Waals surface area contributed by atoms with Crippen LogP contribution in [0.2, 0.25) is 0 Å². The monoisotopic (exact) mass is 313 g/mol. The van der Waals surface area contributed by atoms with Gasteiger partial charge < -0.3 is 19.8 Å². The van der Waals surface area contributed by atoms with Gasteiger partial charge in [0.05, 0.1) is 25.9 Å². The lowest BCUT2D eigenvalue weighted by molar-refractivity contribution is -0.0183. The standard InChI is InChI=1S/C18H19NO4/c20-11-16-12-23-9-8-19(16)18(22)14-6-4-13(5-7-14)15-2-1-3-17(21)10-15/h1-7,10,16,20-21H,8-9,11-12H2/t16-/m0/s1. The summed E-state index contributed by atoms with van der Waals surface area (Å²) in [6.07, 6.45) is 0. The summed E-state index contributed by atoms with van der Waals surface area (Å²) in [5.74, 6) is 0.108. The van der Waals surface area contributed by atoms with E-state index in [1.54, 1.807) is 35.2 Å². The van der Waals surface area contributed by atoms with Crippen molar-refractivity contribution in [3.8, 4) is 16.9 Å². The molecular weight excluding hydrogens is 294 g/mol. The average Bonchev–Trinajstić information content (AvgIpc) is 2.61. The summed E-state index contributed by atoms with van der Waals surface area (Å²) in [7, 11) is 0. The number of carbonyl (C=O) groups excluding carboxylic acids is 1. The zero-order valence-corrected chi connectivity index (χ0v) is 12.7. The third kappa shape index (κ3) is 3.36. The Hall–Kier alpha value is -2.37. The summed E-state index contributed by atoms with van der Waals surface area (Å²) < 4.78 is 5.30. The Bertz CT molecular complexity index is 684. The smallest absolute Gasteiger partial charge is 0.254 e. The van der Waals surface area contributed by atoms with Crippen molar-refractivity contribution >= 4 is 5.91 Å². The SMILES string of the molecule is O=C(c1ccc(-c2cccc(O)c2)cc1)N1CCOC[C@@H]1CO. The van der Waals surface area contributed by atoms with E-state index in [2.05, 4.69) is 0 Å². The number of aliphatic hydroxyl groups is 1. The number of morpholine rings is 1. The van der Waals surface area contributed by atoms with Crippen LogP contribution in [0.25, 0.3) is 11.1 Å². The van der Waals surface area contributed by atoms with Crippen LogP contribution in [0.5, 0.6) is 5.75 Å². The van der Waals surface area contributed by atoms with Crippen LogP contribution in [0.3, 0.4) is 0 Å². The highest BCUT2D eigenvalue weighted by molar-refractivity contribution is 5.95. The van der Waals surface area contributed by atoms with Gasteiger partial charge in [0.15, 0.2) is 0 Å². The van der Waals surface area contributed by atoms with Crippen LogP contribution in [0, 0.1) is 0 Å². The van der Waals surface area contributed by atoms with E-state index in [1.807, 2.05) is 18.2 Å². The van der Waals surface area contributed by atoms with Crippen molar-refractivity contribution in [1.82, 2.24) is 4.90 Å². The number of hydrogen-bond donors (Lipinski definition) is 2. The predicted molar refractivity (Wildman–Crippen MR) is 86.3 cm³/mol. The van der Waals surface area contributed by atoms with Crippen LogP contribution in [-0.4, -0.2) is 53.4 Å². The number of nitrogens with zero attached hydrogens (tertiary/aromatic N) is 1. The lowest BCUT2D eigenvalue weighted by Gasteiger charge is -2.34. The van der Waals surface area contributed by atoms with Gasteiger partial charge in [0.25, 0.3) is 5.91 Å². The molecule has 5 nitrogen and oxygen atoms in total. The molecule has 3 rings (SSSR count). The van der Waals surface area contributed by atoms with Gasteiger partial charge >= 0.3 is 0 Å². The van der Waals surface area contributed by atoms with Gasteiger partial charge in [-0.05, 0) is 35.4 Å². The van der Waals surface area contributed by atoms with E-state index in [0.717, 1.165) is 11.1 Å². The molecule has 0 aromatic heterocycles. The molecule has 1 fully saturated rings. The Morgan fingerprint density at radius 2 is 1.96 bits per heavy atom. The topological polar surface area (TPSA) is 70.0 Å². The summed E-state index contributed by atoms with van der Waals surface area (Å²) in [5.41, 5.74) is 2.40. The van der Waals surface area contributed by atoms with E-state index in [0.29, 0.717) is 25.3 Å². The third-order valence-corrected chi connectivity index (χ3v) is 4.01. The van der Waals surface area contributed by atoms with Gasteiger partial charge in [0.1, 0.15) is 5.75 Å². The minimum atomic E-state index is -0.290. The minimum absolute atomic E-state index is 0.102. The molecule has 0 unspecified atom stereocenters. The first-order valence-electron chi connectivity index (χ1n) is 7.58. The molecule has 23 heavy (non-hydrogen) atoms.